The van der Waals surface area contributed by atoms with Crippen LogP contribution in [0.5, 0.6) is 0 Å². The molecule has 0 bridgehead atoms. The van der Waals surface area contributed by atoms with Crippen LogP contribution in [-0.4, -0.2) is 27.0 Å². The van der Waals surface area contributed by atoms with Crippen LogP contribution in [0.3, 0.4) is 0 Å². The molecule has 2 rings (SSSR count). The molecule has 0 aliphatic rings. The lowest BCUT2D eigenvalue weighted by Gasteiger charge is -2.03. The van der Waals surface area contributed by atoms with Crippen molar-refractivity contribution in [1.82, 2.24) is 9.97 Å². The molecule has 2 N–H and O–H groups in total. The average Bonchev–Trinajstić information content (AvgIpc) is 2.50. The summed E-state index contributed by atoms with van der Waals surface area (Å²) < 4.78 is 0. The van der Waals surface area contributed by atoms with Crippen molar-refractivity contribution in [2.45, 2.75) is 13.3 Å². The molecule has 112 valence electrons. The summed E-state index contributed by atoms with van der Waals surface area (Å²) in [7, 11) is 0. The zero-order valence-electron chi connectivity index (χ0n) is 12.0. The molecule has 0 spiro atoms. The Hall–Kier alpha value is -3.02. The van der Waals surface area contributed by atoms with Gasteiger partial charge < -0.3 is 10.4 Å². The normalized spacial score (nSPS) is 10.6. The number of carboxylic acids is 1. The smallest absolute Gasteiger partial charge is 0.354 e. The van der Waals surface area contributed by atoms with Crippen LogP contribution in [-0.2, 0) is 4.79 Å². The second kappa shape index (κ2) is 7.12. The van der Waals surface area contributed by atoms with Crippen molar-refractivity contribution in [3.8, 4) is 0 Å². The fraction of sp³-hybridized carbons (Fsp3) is 0.125. The third-order valence-electron chi connectivity index (χ3n) is 2.81. The van der Waals surface area contributed by atoms with Gasteiger partial charge in [0.15, 0.2) is 0 Å². The van der Waals surface area contributed by atoms with Crippen molar-refractivity contribution in [1.29, 1.82) is 0 Å². The van der Waals surface area contributed by atoms with Gasteiger partial charge in [-0.1, -0.05) is 18.2 Å². The topological polar surface area (TPSA) is 92.2 Å². The Balaban J connectivity index is 1.87. The summed E-state index contributed by atoms with van der Waals surface area (Å²) in [5, 5.41) is 11.4. The second-order valence-corrected chi connectivity index (χ2v) is 4.62. The highest BCUT2D eigenvalue weighted by Gasteiger charge is 2.05. The molecule has 22 heavy (non-hydrogen) atoms. The lowest BCUT2D eigenvalue weighted by Crippen LogP contribution is -2.10. The Morgan fingerprint density at radius 2 is 2.00 bits per heavy atom. The Bertz CT molecular complexity index is 692. The van der Waals surface area contributed by atoms with Gasteiger partial charge in [0.05, 0.1) is 11.9 Å². The van der Waals surface area contributed by atoms with Crippen LogP contribution in [0.15, 0.2) is 42.7 Å². The van der Waals surface area contributed by atoms with E-state index in [1.165, 1.54) is 18.3 Å². The monoisotopic (exact) mass is 297 g/mol. The van der Waals surface area contributed by atoms with E-state index in [0.717, 1.165) is 11.3 Å². The number of carbonyl (C=O) groups excluding carboxylic acids is 1. The van der Waals surface area contributed by atoms with Gasteiger partial charge in [0.1, 0.15) is 5.69 Å². The van der Waals surface area contributed by atoms with Crippen LogP contribution in [0.1, 0.15) is 28.2 Å². The maximum absolute atomic E-state index is 11.8. The van der Waals surface area contributed by atoms with Crippen LogP contribution in [0.25, 0.3) is 6.08 Å². The van der Waals surface area contributed by atoms with E-state index in [9.17, 15) is 9.59 Å². The Morgan fingerprint density at radius 1 is 1.18 bits per heavy atom. The second-order valence-electron chi connectivity index (χ2n) is 4.62. The molecule has 0 aromatic carbocycles. The minimum absolute atomic E-state index is 0.0650. The van der Waals surface area contributed by atoms with Gasteiger partial charge in [0.25, 0.3) is 0 Å². The average molecular weight is 297 g/mol. The third kappa shape index (κ3) is 4.52. The van der Waals surface area contributed by atoms with Crippen molar-refractivity contribution >= 4 is 23.6 Å². The molecular weight excluding hydrogens is 282 g/mol. The standard InChI is InChI=1S/C16H15N3O3/c1-11-5-6-12(9-17-11)3-2-4-15(20)19-13-7-8-14(16(21)22)18-10-13/h2-3,5-10H,4H2,1H3,(H,19,20)(H,21,22)/b3-2+. The molecule has 0 fully saturated rings. The molecule has 0 atom stereocenters. The molecule has 0 unspecified atom stereocenters. The summed E-state index contributed by atoms with van der Waals surface area (Å²) in [5.41, 5.74) is 2.25. The first-order valence-corrected chi connectivity index (χ1v) is 6.63. The molecule has 2 heterocycles. The number of rotatable bonds is 5. The molecule has 0 aliphatic carbocycles. The lowest BCUT2D eigenvalue weighted by molar-refractivity contribution is -0.115. The highest BCUT2D eigenvalue weighted by Crippen LogP contribution is 2.08. The van der Waals surface area contributed by atoms with E-state index < -0.39 is 5.97 Å². The van der Waals surface area contributed by atoms with Crippen LogP contribution >= 0.6 is 0 Å². The van der Waals surface area contributed by atoms with E-state index in [1.54, 1.807) is 12.3 Å². The van der Waals surface area contributed by atoms with Gasteiger partial charge in [0, 0.05) is 18.3 Å². The van der Waals surface area contributed by atoms with E-state index >= 15 is 0 Å². The molecule has 6 heteroatoms. The fourth-order valence-corrected chi connectivity index (χ4v) is 1.69. The Labute approximate surface area is 127 Å². The number of carboxylic acid groups (broad SMARTS) is 1. The first-order chi connectivity index (χ1) is 10.5. The molecule has 2 aromatic heterocycles. The predicted molar refractivity (Wildman–Crippen MR) is 82.5 cm³/mol. The SMILES string of the molecule is Cc1ccc(/C=C/CC(=O)Nc2ccc(C(=O)O)nc2)cn1. The number of anilines is 1. The van der Waals surface area contributed by atoms with E-state index in [4.69, 9.17) is 5.11 Å². The first kappa shape index (κ1) is 15.4. The number of amides is 1. The van der Waals surface area contributed by atoms with Crippen molar-refractivity contribution < 1.29 is 14.7 Å². The van der Waals surface area contributed by atoms with Gasteiger partial charge in [-0.05, 0) is 30.7 Å². The molecule has 0 saturated carbocycles. The maximum Gasteiger partial charge on any atom is 0.354 e. The molecular formula is C16H15N3O3. The number of hydrogen-bond acceptors (Lipinski definition) is 4. The Morgan fingerprint density at radius 3 is 2.59 bits per heavy atom. The maximum atomic E-state index is 11.8. The number of pyridine rings is 2. The van der Waals surface area contributed by atoms with Gasteiger partial charge in [0.2, 0.25) is 5.91 Å². The predicted octanol–water partition coefficient (Wildman–Crippen LogP) is 2.53. The van der Waals surface area contributed by atoms with Crippen LogP contribution < -0.4 is 5.32 Å². The van der Waals surface area contributed by atoms with Gasteiger partial charge in [-0.3, -0.25) is 9.78 Å². The van der Waals surface area contributed by atoms with Gasteiger partial charge >= 0.3 is 5.97 Å². The number of nitrogens with one attached hydrogen (secondary N) is 1. The zero-order chi connectivity index (χ0) is 15.9. The minimum atomic E-state index is -1.10. The molecule has 0 aliphatic heterocycles. The number of hydrogen-bond donors (Lipinski definition) is 2. The molecule has 1 amide bonds. The zero-order valence-corrected chi connectivity index (χ0v) is 12.0. The number of nitrogens with zero attached hydrogens (tertiary/aromatic N) is 2. The molecule has 2 aromatic rings. The summed E-state index contributed by atoms with van der Waals surface area (Å²) in [5.74, 6) is -1.31. The van der Waals surface area contributed by atoms with Crippen molar-refractivity contribution in [3.63, 3.8) is 0 Å². The van der Waals surface area contributed by atoms with E-state index in [2.05, 4.69) is 15.3 Å². The first-order valence-electron chi connectivity index (χ1n) is 6.63. The van der Waals surface area contributed by atoms with Crippen LogP contribution in [0.4, 0.5) is 5.69 Å². The molecule has 0 saturated heterocycles. The number of aromatic carboxylic acids is 1. The van der Waals surface area contributed by atoms with Crippen LogP contribution in [0, 0.1) is 6.92 Å². The number of carbonyl (C=O) groups is 2. The lowest BCUT2D eigenvalue weighted by atomic mass is 10.2. The van der Waals surface area contributed by atoms with Crippen molar-refractivity contribution in [2.24, 2.45) is 0 Å². The van der Waals surface area contributed by atoms with Gasteiger partial charge in [-0.25, -0.2) is 9.78 Å². The van der Waals surface area contributed by atoms with Crippen molar-refractivity contribution in [3.05, 3.63) is 59.7 Å². The fourth-order valence-electron chi connectivity index (χ4n) is 1.69. The highest BCUT2D eigenvalue weighted by molar-refractivity contribution is 5.92. The number of aryl methyl sites for hydroxylation is 1. The third-order valence-corrected chi connectivity index (χ3v) is 2.81. The summed E-state index contributed by atoms with van der Waals surface area (Å²) in [6, 6.07) is 6.66. The summed E-state index contributed by atoms with van der Waals surface area (Å²) in [6.45, 7) is 1.91. The van der Waals surface area contributed by atoms with Crippen LogP contribution in [0.2, 0.25) is 0 Å². The molecule has 0 radical (unpaired) electrons. The summed E-state index contributed by atoms with van der Waals surface area (Å²) >= 11 is 0. The molecule has 6 nitrogen and oxygen atoms in total. The minimum Gasteiger partial charge on any atom is -0.477 e. The van der Waals surface area contributed by atoms with Crippen molar-refractivity contribution in [2.75, 3.05) is 5.32 Å². The number of aromatic nitrogens is 2. The largest absolute Gasteiger partial charge is 0.477 e. The van der Waals surface area contributed by atoms with E-state index in [0.29, 0.717) is 5.69 Å². The Kier molecular flexibility index (Phi) is 4.98. The summed E-state index contributed by atoms with van der Waals surface area (Å²) in [4.78, 5) is 30.3. The summed E-state index contributed by atoms with van der Waals surface area (Å²) in [6.07, 6.45) is 6.81. The van der Waals surface area contributed by atoms with E-state index in [1.807, 2.05) is 25.1 Å². The van der Waals surface area contributed by atoms with Gasteiger partial charge in [-0.2, -0.15) is 0 Å². The van der Waals surface area contributed by atoms with Gasteiger partial charge in [-0.15, -0.1) is 0 Å². The highest BCUT2D eigenvalue weighted by atomic mass is 16.4. The quantitative estimate of drug-likeness (QED) is 0.884. The van der Waals surface area contributed by atoms with E-state index in [-0.39, 0.29) is 18.0 Å².